The van der Waals surface area contributed by atoms with Gasteiger partial charge in [0.1, 0.15) is 6.54 Å². The summed E-state index contributed by atoms with van der Waals surface area (Å²) in [5.74, 6) is -0.712. The maximum absolute atomic E-state index is 10.4. The Morgan fingerprint density at radius 3 is 2.83 bits per heavy atom. The minimum Gasteiger partial charge on any atom is -0.480 e. The summed E-state index contributed by atoms with van der Waals surface area (Å²) in [5, 5.41) is 11.8. The first-order valence-corrected chi connectivity index (χ1v) is 5.58. The average Bonchev–Trinajstić information content (AvgIpc) is 2.37. The van der Waals surface area contributed by atoms with Crippen LogP contribution in [0.1, 0.15) is 0 Å². The van der Waals surface area contributed by atoms with Crippen molar-refractivity contribution in [3.63, 3.8) is 0 Å². The fraction of sp³-hybridized carbons (Fsp3) is 0.0833. The van der Waals surface area contributed by atoms with E-state index < -0.39 is 5.97 Å². The van der Waals surface area contributed by atoms with Crippen LogP contribution in [0.3, 0.4) is 0 Å². The van der Waals surface area contributed by atoms with E-state index in [0.717, 1.165) is 5.56 Å². The quantitative estimate of drug-likeness (QED) is 0.885. The highest BCUT2D eigenvalue weighted by molar-refractivity contribution is 6.33. The Morgan fingerprint density at radius 2 is 2.11 bits per heavy atom. The van der Waals surface area contributed by atoms with Gasteiger partial charge in [-0.2, -0.15) is 0 Å². The van der Waals surface area contributed by atoms with E-state index >= 15 is 0 Å². The van der Waals surface area contributed by atoms with Crippen molar-refractivity contribution in [3.05, 3.63) is 41.6 Å². The fourth-order valence-electron chi connectivity index (χ4n) is 1.42. The van der Waals surface area contributed by atoms with Gasteiger partial charge in [-0.15, -0.1) is 0 Å². The van der Waals surface area contributed by atoms with Crippen LogP contribution in [-0.2, 0) is 4.79 Å². The van der Waals surface area contributed by atoms with Gasteiger partial charge in [0.25, 0.3) is 0 Å². The highest BCUT2D eigenvalue weighted by atomic mass is 35.5. The maximum atomic E-state index is 10.4. The molecule has 92 valence electrons. The van der Waals surface area contributed by atoms with Crippen LogP contribution in [-0.4, -0.2) is 27.6 Å². The highest BCUT2D eigenvalue weighted by Gasteiger charge is 2.06. The van der Waals surface area contributed by atoms with Crippen LogP contribution in [0.15, 0.2) is 36.5 Å². The summed E-state index contributed by atoms with van der Waals surface area (Å²) in [6, 6.07) is 9.01. The summed E-state index contributed by atoms with van der Waals surface area (Å²) in [5.41, 5.74) is 1.42. The first-order valence-electron chi connectivity index (χ1n) is 5.20. The molecule has 0 bridgehead atoms. The number of halogens is 1. The van der Waals surface area contributed by atoms with Gasteiger partial charge in [0.2, 0.25) is 5.95 Å². The smallest absolute Gasteiger partial charge is 0.322 e. The van der Waals surface area contributed by atoms with Gasteiger partial charge in [-0.25, -0.2) is 9.97 Å². The minimum absolute atomic E-state index is 0.230. The lowest BCUT2D eigenvalue weighted by Gasteiger charge is -2.06. The molecule has 2 N–H and O–H groups in total. The Bertz CT molecular complexity index is 575. The molecule has 0 unspecified atom stereocenters. The van der Waals surface area contributed by atoms with Gasteiger partial charge in [-0.1, -0.05) is 29.8 Å². The number of anilines is 1. The number of aliphatic carboxylic acids is 1. The molecule has 0 radical (unpaired) electrons. The molecule has 1 aromatic carbocycles. The molecule has 0 amide bonds. The molecule has 0 saturated heterocycles. The first-order chi connectivity index (χ1) is 8.66. The molecule has 0 atom stereocenters. The molecule has 0 spiro atoms. The van der Waals surface area contributed by atoms with Crippen molar-refractivity contribution in [2.75, 3.05) is 11.9 Å². The van der Waals surface area contributed by atoms with Crippen molar-refractivity contribution >= 4 is 23.5 Å². The average molecular weight is 264 g/mol. The molecular formula is C12H10ClN3O2. The minimum atomic E-state index is -0.971. The van der Waals surface area contributed by atoms with Crippen LogP contribution in [0.5, 0.6) is 0 Å². The monoisotopic (exact) mass is 263 g/mol. The third-order valence-electron chi connectivity index (χ3n) is 2.20. The number of nitrogens with one attached hydrogen (secondary N) is 1. The number of carboxylic acid groups (broad SMARTS) is 1. The van der Waals surface area contributed by atoms with Gasteiger partial charge in [0, 0.05) is 16.8 Å². The van der Waals surface area contributed by atoms with Crippen LogP contribution < -0.4 is 5.32 Å². The van der Waals surface area contributed by atoms with Crippen molar-refractivity contribution in [3.8, 4) is 11.3 Å². The summed E-state index contributed by atoms with van der Waals surface area (Å²) < 4.78 is 0. The van der Waals surface area contributed by atoms with Gasteiger partial charge in [-0.05, 0) is 12.1 Å². The number of hydrogen-bond acceptors (Lipinski definition) is 4. The Balaban J connectivity index is 2.27. The van der Waals surface area contributed by atoms with Crippen molar-refractivity contribution in [1.82, 2.24) is 9.97 Å². The van der Waals surface area contributed by atoms with Crippen molar-refractivity contribution in [2.24, 2.45) is 0 Å². The van der Waals surface area contributed by atoms with E-state index in [0.29, 0.717) is 10.7 Å². The van der Waals surface area contributed by atoms with Crippen molar-refractivity contribution < 1.29 is 9.90 Å². The van der Waals surface area contributed by atoms with Gasteiger partial charge >= 0.3 is 5.97 Å². The van der Waals surface area contributed by atoms with Gasteiger partial charge in [-0.3, -0.25) is 4.79 Å². The van der Waals surface area contributed by atoms with Gasteiger partial charge in [0.15, 0.2) is 0 Å². The van der Waals surface area contributed by atoms with Gasteiger partial charge in [0.05, 0.1) is 5.69 Å². The van der Waals surface area contributed by atoms with E-state index in [-0.39, 0.29) is 12.5 Å². The second kappa shape index (κ2) is 5.46. The molecule has 6 heteroatoms. The maximum Gasteiger partial charge on any atom is 0.322 e. The lowest BCUT2D eigenvalue weighted by molar-refractivity contribution is -0.134. The number of benzene rings is 1. The third-order valence-corrected chi connectivity index (χ3v) is 2.53. The highest BCUT2D eigenvalue weighted by Crippen LogP contribution is 2.25. The standard InChI is InChI=1S/C12H10ClN3O2/c13-9-4-2-1-3-8(9)10-5-6-14-12(16-10)15-7-11(17)18/h1-6H,7H2,(H,17,18)(H,14,15,16). The lowest BCUT2D eigenvalue weighted by atomic mass is 10.1. The van der Waals surface area contributed by atoms with Crippen LogP contribution in [0.4, 0.5) is 5.95 Å². The van der Waals surface area contributed by atoms with E-state index in [4.69, 9.17) is 16.7 Å². The number of nitrogens with zero attached hydrogens (tertiary/aromatic N) is 2. The molecule has 2 aromatic rings. The van der Waals surface area contributed by atoms with E-state index in [2.05, 4.69) is 15.3 Å². The largest absolute Gasteiger partial charge is 0.480 e. The first kappa shape index (κ1) is 12.3. The summed E-state index contributed by atoms with van der Waals surface area (Å²) in [7, 11) is 0. The normalized spacial score (nSPS) is 10.1. The number of rotatable bonds is 4. The molecule has 1 heterocycles. The van der Waals surface area contributed by atoms with E-state index in [1.165, 1.54) is 0 Å². The molecule has 0 saturated carbocycles. The Labute approximate surface area is 108 Å². The Kier molecular flexibility index (Phi) is 3.74. The zero-order valence-electron chi connectivity index (χ0n) is 9.30. The summed E-state index contributed by atoms with van der Waals surface area (Å²) in [4.78, 5) is 18.6. The number of aromatic nitrogens is 2. The summed E-state index contributed by atoms with van der Waals surface area (Å²) in [6.07, 6.45) is 1.55. The lowest BCUT2D eigenvalue weighted by Crippen LogP contribution is -2.14. The van der Waals surface area contributed by atoms with E-state index in [1.54, 1.807) is 18.3 Å². The number of hydrogen-bond donors (Lipinski definition) is 2. The number of carbonyl (C=O) groups is 1. The molecule has 2 rings (SSSR count). The third kappa shape index (κ3) is 2.95. The van der Waals surface area contributed by atoms with E-state index in [1.807, 2.05) is 18.2 Å². The number of carboxylic acids is 1. The van der Waals surface area contributed by atoms with Crippen molar-refractivity contribution in [2.45, 2.75) is 0 Å². The summed E-state index contributed by atoms with van der Waals surface area (Å²) in [6.45, 7) is -0.230. The molecule has 5 nitrogen and oxygen atoms in total. The topological polar surface area (TPSA) is 75.1 Å². The van der Waals surface area contributed by atoms with Crippen LogP contribution in [0, 0.1) is 0 Å². The van der Waals surface area contributed by atoms with Gasteiger partial charge < -0.3 is 10.4 Å². The molecule has 0 aliphatic heterocycles. The molecule has 18 heavy (non-hydrogen) atoms. The Morgan fingerprint density at radius 1 is 1.33 bits per heavy atom. The zero-order chi connectivity index (χ0) is 13.0. The zero-order valence-corrected chi connectivity index (χ0v) is 10.1. The molecular weight excluding hydrogens is 254 g/mol. The summed E-state index contributed by atoms with van der Waals surface area (Å²) >= 11 is 6.06. The SMILES string of the molecule is O=C(O)CNc1nccc(-c2ccccc2Cl)n1. The second-order valence-corrected chi connectivity index (χ2v) is 3.90. The second-order valence-electron chi connectivity index (χ2n) is 3.49. The van der Waals surface area contributed by atoms with E-state index in [9.17, 15) is 4.79 Å². The predicted octanol–water partition coefficient (Wildman–Crippen LogP) is 2.29. The molecule has 0 fully saturated rings. The predicted molar refractivity (Wildman–Crippen MR) is 68.6 cm³/mol. The van der Waals surface area contributed by atoms with Crippen molar-refractivity contribution in [1.29, 1.82) is 0 Å². The fourth-order valence-corrected chi connectivity index (χ4v) is 1.65. The molecule has 0 aliphatic rings. The molecule has 1 aromatic heterocycles. The van der Waals surface area contributed by atoms with Crippen LogP contribution in [0.2, 0.25) is 5.02 Å². The Hall–Kier alpha value is -2.14. The van der Waals surface area contributed by atoms with Crippen LogP contribution in [0.25, 0.3) is 11.3 Å². The van der Waals surface area contributed by atoms with Crippen LogP contribution >= 0.6 is 11.6 Å². The molecule has 0 aliphatic carbocycles.